The van der Waals surface area contributed by atoms with Crippen molar-refractivity contribution in [2.75, 3.05) is 47.6 Å². The average Bonchev–Trinajstić information content (AvgIpc) is 2.79. The number of benzene rings is 2. The molecule has 0 aromatic heterocycles. The van der Waals surface area contributed by atoms with E-state index in [0.29, 0.717) is 13.2 Å². The van der Waals surface area contributed by atoms with E-state index in [1.54, 1.807) is 21.3 Å². The van der Waals surface area contributed by atoms with Crippen molar-refractivity contribution in [2.45, 2.75) is 26.7 Å². The zero-order chi connectivity index (χ0) is 22.5. The minimum absolute atomic E-state index is 0.610. The Morgan fingerprint density at radius 2 is 1.26 bits per heavy atom. The standard InChI is InChI=1S/C24H35N3O4/c1-6-30-21-11-9-19(17-23(21)31-7-2)13-15-27-24(25-3)26-14-12-18-8-10-20(28-4)22(16-18)29-5/h8-11,16-17H,6-7,12-15H2,1-5H3,(H2,25,26,27). The number of rotatable bonds is 12. The minimum atomic E-state index is 0.610. The second-order valence-corrected chi connectivity index (χ2v) is 6.76. The first-order valence-corrected chi connectivity index (χ1v) is 10.7. The van der Waals surface area contributed by atoms with Gasteiger partial charge in [-0.2, -0.15) is 0 Å². The fourth-order valence-electron chi connectivity index (χ4n) is 3.16. The number of nitrogens with zero attached hydrogens (tertiary/aromatic N) is 1. The Balaban J connectivity index is 1.82. The molecule has 31 heavy (non-hydrogen) atoms. The summed E-state index contributed by atoms with van der Waals surface area (Å²) in [5.74, 6) is 3.83. The first-order chi connectivity index (χ1) is 15.1. The molecule has 0 heterocycles. The van der Waals surface area contributed by atoms with Crippen LogP contribution in [0.3, 0.4) is 0 Å². The summed E-state index contributed by atoms with van der Waals surface area (Å²) in [7, 11) is 5.06. The van der Waals surface area contributed by atoms with Gasteiger partial charge in [-0.1, -0.05) is 12.1 Å². The number of methoxy groups -OCH3 is 2. The molecule has 0 aliphatic heterocycles. The Bertz CT molecular complexity index is 840. The van der Waals surface area contributed by atoms with Crippen LogP contribution in [0.4, 0.5) is 0 Å². The minimum Gasteiger partial charge on any atom is -0.493 e. The number of hydrogen-bond acceptors (Lipinski definition) is 5. The van der Waals surface area contributed by atoms with Crippen LogP contribution >= 0.6 is 0 Å². The summed E-state index contributed by atoms with van der Waals surface area (Å²) in [6.45, 7) is 6.69. The van der Waals surface area contributed by atoms with E-state index in [1.807, 2.05) is 44.2 Å². The molecule has 0 unspecified atom stereocenters. The van der Waals surface area contributed by atoms with E-state index in [0.717, 1.165) is 54.9 Å². The summed E-state index contributed by atoms with van der Waals surface area (Å²) in [6, 6.07) is 12.1. The largest absolute Gasteiger partial charge is 0.493 e. The van der Waals surface area contributed by atoms with Gasteiger partial charge >= 0.3 is 0 Å². The molecular weight excluding hydrogens is 394 g/mol. The Morgan fingerprint density at radius 3 is 1.77 bits per heavy atom. The van der Waals surface area contributed by atoms with Gasteiger partial charge in [-0.3, -0.25) is 4.99 Å². The lowest BCUT2D eigenvalue weighted by Gasteiger charge is -2.14. The zero-order valence-electron chi connectivity index (χ0n) is 19.3. The summed E-state index contributed by atoms with van der Waals surface area (Å²) in [4.78, 5) is 4.30. The number of aliphatic imine (C=N–C) groups is 1. The molecule has 7 nitrogen and oxygen atoms in total. The van der Waals surface area contributed by atoms with Crippen molar-refractivity contribution >= 4 is 5.96 Å². The zero-order valence-corrected chi connectivity index (χ0v) is 19.3. The molecule has 0 radical (unpaired) electrons. The van der Waals surface area contributed by atoms with Crippen LogP contribution in [-0.4, -0.2) is 53.5 Å². The highest BCUT2D eigenvalue weighted by molar-refractivity contribution is 5.79. The van der Waals surface area contributed by atoms with Crippen molar-refractivity contribution in [2.24, 2.45) is 4.99 Å². The lowest BCUT2D eigenvalue weighted by molar-refractivity contribution is 0.287. The summed E-state index contributed by atoms with van der Waals surface area (Å²) < 4.78 is 22.0. The molecular formula is C24H35N3O4. The Morgan fingerprint density at radius 1 is 0.742 bits per heavy atom. The van der Waals surface area contributed by atoms with Crippen LogP contribution in [0.25, 0.3) is 0 Å². The van der Waals surface area contributed by atoms with Crippen molar-refractivity contribution in [3.8, 4) is 23.0 Å². The monoisotopic (exact) mass is 429 g/mol. The second-order valence-electron chi connectivity index (χ2n) is 6.76. The maximum atomic E-state index is 5.71. The van der Waals surface area contributed by atoms with E-state index in [-0.39, 0.29) is 0 Å². The molecule has 7 heteroatoms. The van der Waals surface area contributed by atoms with Crippen molar-refractivity contribution in [3.05, 3.63) is 47.5 Å². The average molecular weight is 430 g/mol. The van der Waals surface area contributed by atoms with Gasteiger partial charge in [0.05, 0.1) is 27.4 Å². The van der Waals surface area contributed by atoms with Crippen LogP contribution in [0.1, 0.15) is 25.0 Å². The molecule has 0 bridgehead atoms. The van der Waals surface area contributed by atoms with Crippen molar-refractivity contribution in [1.82, 2.24) is 10.6 Å². The molecule has 2 aromatic carbocycles. The predicted octanol–water partition coefficient (Wildman–Crippen LogP) is 3.45. The van der Waals surface area contributed by atoms with Gasteiger partial charge in [-0.05, 0) is 62.1 Å². The van der Waals surface area contributed by atoms with Gasteiger partial charge in [0.1, 0.15) is 0 Å². The van der Waals surface area contributed by atoms with Crippen LogP contribution < -0.4 is 29.6 Å². The number of hydrogen-bond donors (Lipinski definition) is 2. The molecule has 0 amide bonds. The number of ether oxygens (including phenoxy) is 4. The summed E-state index contributed by atoms with van der Waals surface area (Å²) >= 11 is 0. The SMILES string of the molecule is CCOc1ccc(CCNC(=NC)NCCc2ccc(OC)c(OC)c2)cc1OCC. The number of guanidine groups is 1. The Hall–Kier alpha value is -3.09. The number of nitrogens with one attached hydrogen (secondary N) is 2. The van der Waals surface area contributed by atoms with Crippen molar-refractivity contribution in [3.63, 3.8) is 0 Å². The molecule has 0 spiro atoms. The summed E-state index contributed by atoms with van der Waals surface area (Å²) in [5.41, 5.74) is 2.35. The summed E-state index contributed by atoms with van der Waals surface area (Å²) in [5, 5.41) is 6.71. The van der Waals surface area contributed by atoms with Gasteiger partial charge < -0.3 is 29.6 Å². The molecule has 0 aliphatic carbocycles. The topological polar surface area (TPSA) is 73.3 Å². The Labute approximate surface area is 185 Å². The molecule has 2 N–H and O–H groups in total. The van der Waals surface area contributed by atoms with E-state index in [2.05, 4.69) is 21.7 Å². The van der Waals surface area contributed by atoms with Gasteiger partial charge in [0.2, 0.25) is 0 Å². The first-order valence-electron chi connectivity index (χ1n) is 10.7. The molecule has 2 aromatic rings. The molecule has 0 saturated heterocycles. The van der Waals surface area contributed by atoms with Crippen LogP contribution in [0, 0.1) is 0 Å². The molecule has 170 valence electrons. The van der Waals surface area contributed by atoms with E-state index in [9.17, 15) is 0 Å². The van der Waals surface area contributed by atoms with Crippen LogP contribution in [0.15, 0.2) is 41.4 Å². The van der Waals surface area contributed by atoms with Crippen LogP contribution in [-0.2, 0) is 12.8 Å². The third kappa shape index (κ3) is 7.59. The van der Waals surface area contributed by atoms with Crippen LogP contribution in [0.5, 0.6) is 23.0 Å². The fraction of sp³-hybridized carbons (Fsp3) is 0.458. The fourth-order valence-corrected chi connectivity index (χ4v) is 3.16. The van der Waals surface area contributed by atoms with E-state index in [1.165, 1.54) is 11.1 Å². The third-order valence-corrected chi connectivity index (χ3v) is 4.69. The van der Waals surface area contributed by atoms with E-state index >= 15 is 0 Å². The van der Waals surface area contributed by atoms with Crippen LogP contribution in [0.2, 0.25) is 0 Å². The van der Waals surface area contributed by atoms with E-state index < -0.39 is 0 Å². The van der Waals surface area contributed by atoms with Crippen molar-refractivity contribution in [1.29, 1.82) is 0 Å². The van der Waals surface area contributed by atoms with Gasteiger partial charge in [-0.15, -0.1) is 0 Å². The molecule has 0 aliphatic rings. The lowest BCUT2D eigenvalue weighted by atomic mass is 10.1. The van der Waals surface area contributed by atoms with E-state index in [4.69, 9.17) is 18.9 Å². The highest BCUT2D eigenvalue weighted by Crippen LogP contribution is 2.29. The highest BCUT2D eigenvalue weighted by Gasteiger charge is 2.07. The van der Waals surface area contributed by atoms with Crippen molar-refractivity contribution < 1.29 is 18.9 Å². The normalized spacial score (nSPS) is 11.1. The van der Waals surface area contributed by atoms with Gasteiger partial charge in [0.15, 0.2) is 29.0 Å². The highest BCUT2D eigenvalue weighted by atomic mass is 16.5. The maximum Gasteiger partial charge on any atom is 0.190 e. The maximum absolute atomic E-state index is 5.71. The molecule has 0 atom stereocenters. The quantitative estimate of drug-likeness (QED) is 0.398. The third-order valence-electron chi connectivity index (χ3n) is 4.69. The van der Waals surface area contributed by atoms with Gasteiger partial charge in [0.25, 0.3) is 0 Å². The first kappa shape index (κ1) is 24.2. The second kappa shape index (κ2) is 13.3. The predicted molar refractivity (Wildman–Crippen MR) is 125 cm³/mol. The van der Waals surface area contributed by atoms with Gasteiger partial charge in [-0.25, -0.2) is 0 Å². The molecule has 0 saturated carbocycles. The van der Waals surface area contributed by atoms with Gasteiger partial charge in [0, 0.05) is 20.1 Å². The lowest BCUT2D eigenvalue weighted by Crippen LogP contribution is -2.39. The molecule has 2 rings (SSSR count). The Kier molecular flexibility index (Phi) is 10.3. The summed E-state index contributed by atoms with van der Waals surface area (Å²) in [6.07, 6.45) is 1.69. The smallest absolute Gasteiger partial charge is 0.190 e. The molecule has 0 fully saturated rings.